The molecule has 4 rings (SSSR count). The van der Waals surface area contributed by atoms with Crippen LogP contribution in [0.3, 0.4) is 0 Å². The van der Waals surface area contributed by atoms with Crippen molar-refractivity contribution in [2.24, 2.45) is 0 Å². The van der Waals surface area contributed by atoms with Crippen LogP contribution in [0.4, 0.5) is 13.2 Å². The van der Waals surface area contributed by atoms with Crippen LogP contribution < -0.4 is 0 Å². The van der Waals surface area contributed by atoms with Gasteiger partial charge in [0.05, 0.1) is 18.3 Å². The number of nitrogens with zero attached hydrogens (tertiary/aromatic N) is 5. The number of hydrogen-bond donors (Lipinski definition) is 0. The fraction of sp³-hybridized carbons (Fsp3) is 0.421. The Labute approximate surface area is 164 Å². The minimum absolute atomic E-state index is 0.161. The van der Waals surface area contributed by atoms with E-state index in [1.807, 2.05) is 18.2 Å². The van der Waals surface area contributed by atoms with Crippen molar-refractivity contribution >= 4 is 11.6 Å². The van der Waals surface area contributed by atoms with Gasteiger partial charge in [-0.1, -0.05) is 6.07 Å². The van der Waals surface area contributed by atoms with E-state index in [1.54, 1.807) is 22.6 Å². The molecule has 0 N–H and O–H groups in total. The lowest BCUT2D eigenvalue weighted by atomic mass is 10.0. The van der Waals surface area contributed by atoms with Crippen molar-refractivity contribution in [1.82, 2.24) is 24.1 Å². The zero-order valence-electron chi connectivity index (χ0n) is 15.8. The summed E-state index contributed by atoms with van der Waals surface area (Å²) < 4.78 is 46.6. The van der Waals surface area contributed by atoms with Crippen LogP contribution in [-0.4, -0.2) is 50.2 Å². The number of carbonyl (C=O) groups excluding carboxylic acids is 1. The van der Waals surface area contributed by atoms with Crippen molar-refractivity contribution < 1.29 is 22.7 Å². The van der Waals surface area contributed by atoms with Crippen LogP contribution in [0.1, 0.15) is 40.8 Å². The van der Waals surface area contributed by atoms with Gasteiger partial charge in [0.2, 0.25) is 0 Å². The lowest BCUT2D eigenvalue weighted by molar-refractivity contribution is -0.141. The molecule has 1 saturated heterocycles. The quantitative estimate of drug-likeness (QED) is 0.667. The van der Waals surface area contributed by atoms with Crippen LogP contribution in [0.25, 0.3) is 5.65 Å². The van der Waals surface area contributed by atoms with Crippen LogP contribution in [0.5, 0.6) is 0 Å². The number of fused-ring (bicyclic) bond motifs is 1. The minimum Gasteiger partial charge on any atom is -0.378 e. The second-order valence-corrected chi connectivity index (χ2v) is 6.97. The summed E-state index contributed by atoms with van der Waals surface area (Å²) in [6, 6.07) is 6.29. The van der Waals surface area contributed by atoms with E-state index in [4.69, 9.17) is 4.74 Å². The molecule has 7 nitrogen and oxygen atoms in total. The van der Waals surface area contributed by atoms with Gasteiger partial charge in [0.1, 0.15) is 11.3 Å². The first-order chi connectivity index (χ1) is 13.9. The number of alkyl halides is 3. The molecule has 0 atom stereocenters. The Morgan fingerprint density at radius 1 is 1.21 bits per heavy atom. The number of piperidine rings is 1. The van der Waals surface area contributed by atoms with Crippen molar-refractivity contribution in [2.75, 3.05) is 20.2 Å². The number of ether oxygens (including phenoxy) is 1. The molecular formula is C19H20F3N5O2. The van der Waals surface area contributed by atoms with E-state index in [1.165, 1.54) is 10.9 Å². The molecule has 0 spiro atoms. The number of imidazole rings is 1. The number of carbonyl (C=O) groups is 1. The topological polar surface area (TPSA) is 64.7 Å². The molecule has 3 aromatic heterocycles. The third-order valence-corrected chi connectivity index (χ3v) is 5.11. The second kappa shape index (κ2) is 7.51. The van der Waals surface area contributed by atoms with Gasteiger partial charge >= 0.3 is 6.18 Å². The molecule has 4 heterocycles. The van der Waals surface area contributed by atoms with Crippen molar-refractivity contribution in [3.8, 4) is 0 Å². The molecule has 0 aromatic carbocycles. The predicted octanol–water partition coefficient (Wildman–Crippen LogP) is 3.17. The van der Waals surface area contributed by atoms with Crippen LogP contribution in [0.15, 0.2) is 36.7 Å². The van der Waals surface area contributed by atoms with Crippen LogP contribution in [0, 0.1) is 0 Å². The number of rotatable bonds is 4. The molecule has 10 heteroatoms. The van der Waals surface area contributed by atoms with E-state index < -0.39 is 11.9 Å². The number of halogens is 3. The maximum absolute atomic E-state index is 13.2. The maximum Gasteiger partial charge on any atom is 0.435 e. The number of pyridine rings is 1. The van der Waals surface area contributed by atoms with E-state index in [2.05, 4.69) is 10.1 Å². The fourth-order valence-electron chi connectivity index (χ4n) is 3.68. The van der Waals surface area contributed by atoms with Crippen LogP contribution in [-0.2, 0) is 17.5 Å². The van der Waals surface area contributed by atoms with Gasteiger partial charge in [0.15, 0.2) is 5.69 Å². The predicted molar refractivity (Wildman–Crippen MR) is 97.3 cm³/mol. The molecule has 1 aliphatic rings. The molecule has 1 amide bonds. The molecule has 0 aliphatic carbocycles. The smallest absolute Gasteiger partial charge is 0.378 e. The first-order valence-electron chi connectivity index (χ1n) is 9.25. The SMILES string of the molecule is COCc1nc2ccccn2c1C(=O)N1CCC(n2ccc(C(F)(F)F)n2)CC1. The first kappa shape index (κ1) is 19.4. The normalized spacial score (nSPS) is 15.9. The average Bonchev–Trinajstić information content (AvgIpc) is 3.33. The van der Waals surface area contributed by atoms with Crippen molar-refractivity contribution in [2.45, 2.75) is 31.7 Å². The Morgan fingerprint density at radius 2 is 1.97 bits per heavy atom. The standard InChI is InChI=1S/C19H20F3N5O2/c1-29-12-14-17(26-8-3-2-4-16(26)23-14)18(28)25-9-5-13(6-10-25)27-11-7-15(24-27)19(20,21)22/h2-4,7-8,11,13H,5-6,9-10,12H2,1H3. The number of hydrogen-bond acceptors (Lipinski definition) is 4. The van der Waals surface area contributed by atoms with Gasteiger partial charge in [-0.3, -0.25) is 13.9 Å². The Bertz CT molecular complexity index is 1020. The Morgan fingerprint density at radius 3 is 2.62 bits per heavy atom. The molecule has 0 radical (unpaired) electrons. The van der Waals surface area contributed by atoms with Crippen molar-refractivity contribution in [3.05, 3.63) is 53.7 Å². The Kier molecular flexibility index (Phi) is 5.03. The fourth-order valence-corrected chi connectivity index (χ4v) is 3.68. The van der Waals surface area contributed by atoms with E-state index in [9.17, 15) is 18.0 Å². The van der Waals surface area contributed by atoms with Gasteiger partial charge in [-0.15, -0.1) is 0 Å². The monoisotopic (exact) mass is 407 g/mol. The largest absolute Gasteiger partial charge is 0.435 e. The van der Waals surface area contributed by atoms with E-state index in [0.29, 0.717) is 43.0 Å². The molecule has 0 unspecified atom stereocenters. The lowest BCUT2D eigenvalue weighted by Crippen LogP contribution is -2.40. The number of methoxy groups -OCH3 is 1. The highest BCUT2D eigenvalue weighted by molar-refractivity contribution is 5.94. The lowest BCUT2D eigenvalue weighted by Gasteiger charge is -2.32. The summed E-state index contributed by atoms with van der Waals surface area (Å²) in [6.45, 7) is 1.07. The summed E-state index contributed by atoms with van der Waals surface area (Å²) in [5, 5.41) is 3.66. The highest BCUT2D eigenvalue weighted by Crippen LogP contribution is 2.30. The van der Waals surface area contributed by atoms with E-state index in [-0.39, 0.29) is 18.6 Å². The summed E-state index contributed by atoms with van der Waals surface area (Å²) in [4.78, 5) is 19.4. The summed E-state index contributed by atoms with van der Waals surface area (Å²) in [5.41, 5.74) is 0.784. The van der Waals surface area contributed by atoms with Crippen molar-refractivity contribution in [3.63, 3.8) is 0 Å². The maximum atomic E-state index is 13.2. The zero-order chi connectivity index (χ0) is 20.6. The van der Waals surface area contributed by atoms with Gasteiger partial charge in [-0.2, -0.15) is 18.3 Å². The molecular weight excluding hydrogens is 387 g/mol. The molecule has 0 saturated carbocycles. The van der Waals surface area contributed by atoms with Gasteiger partial charge in [-0.05, 0) is 31.0 Å². The highest BCUT2D eigenvalue weighted by atomic mass is 19.4. The Hall–Kier alpha value is -2.88. The molecule has 1 fully saturated rings. The van der Waals surface area contributed by atoms with Crippen molar-refractivity contribution in [1.29, 1.82) is 0 Å². The first-order valence-corrected chi connectivity index (χ1v) is 9.25. The molecule has 3 aromatic rings. The number of amides is 1. The number of aromatic nitrogens is 4. The molecule has 29 heavy (non-hydrogen) atoms. The van der Waals surface area contributed by atoms with Crippen LogP contribution in [0.2, 0.25) is 0 Å². The van der Waals surface area contributed by atoms with E-state index in [0.717, 1.165) is 6.07 Å². The second-order valence-electron chi connectivity index (χ2n) is 6.97. The third kappa shape index (κ3) is 3.71. The average molecular weight is 407 g/mol. The third-order valence-electron chi connectivity index (χ3n) is 5.11. The summed E-state index contributed by atoms with van der Waals surface area (Å²) >= 11 is 0. The zero-order valence-corrected chi connectivity index (χ0v) is 15.8. The summed E-state index contributed by atoms with van der Waals surface area (Å²) in [7, 11) is 1.54. The molecule has 154 valence electrons. The molecule has 0 bridgehead atoms. The summed E-state index contributed by atoms with van der Waals surface area (Å²) in [5.74, 6) is -0.161. The minimum atomic E-state index is -4.46. The highest BCUT2D eigenvalue weighted by Gasteiger charge is 2.35. The van der Waals surface area contributed by atoms with Gasteiger partial charge < -0.3 is 9.64 Å². The number of likely N-dealkylation sites (tertiary alicyclic amines) is 1. The Balaban J connectivity index is 1.50. The van der Waals surface area contributed by atoms with Gasteiger partial charge in [0.25, 0.3) is 5.91 Å². The summed E-state index contributed by atoms with van der Waals surface area (Å²) in [6.07, 6.45) is -0.263. The van der Waals surface area contributed by atoms with Gasteiger partial charge in [0, 0.05) is 32.6 Å². The van der Waals surface area contributed by atoms with Crippen LogP contribution >= 0.6 is 0 Å². The van der Waals surface area contributed by atoms with E-state index >= 15 is 0 Å². The van der Waals surface area contributed by atoms with Gasteiger partial charge in [-0.25, -0.2) is 4.98 Å². The molecule has 1 aliphatic heterocycles.